The number of likely N-dealkylation sites (tertiary alicyclic amines) is 2. The Kier molecular flexibility index (Phi) is 4.62. The highest BCUT2D eigenvalue weighted by Gasteiger charge is 2.43. The first kappa shape index (κ1) is 15.0. The molecule has 0 aliphatic carbocycles. The van der Waals surface area contributed by atoms with Crippen LogP contribution in [0.2, 0.25) is 0 Å². The first-order chi connectivity index (χ1) is 10.1. The summed E-state index contributed by atoms with van der Waals surface area (Å²) >= 11 is 1.68. The van der Waals surface area contributed by atoms with E-state index < -0.39 is 0 Å². The van der Waals surface area contributed by atoms with Crippen LogP contribution in [0.15, 0.2) is 17.5 Å². The van der Waals surface area contributed by atoms with Crippen molar-refractivity contribution in [3.05, 3.63) is 22.4 Å². The smallest absolute Gasteiger partial charge is 0.228 e. The second-order valence-electron chi connectivity index (χ2n) is 6.39. The number of hydrogen-bond acceptors (Lipinski definition) is 4. The zero-order valence-electron chi connectivity index (χ0n) is 13.0. The van der Waals surface area contributed by atoms with Crippen LogP contribution in [0.4, 0.5) is 0 Å². The maximum Gasteiger partial charge on any atom is 0.228 e. The number of rotatable bonds is 5. The van der Waals surface area contributed by atoms with Crippen molar-refractivity contribution >= 4 is 17.2 Å². The van der Waals surface area contributed by atoms with Gasteiger partial charge in [-0.3, -0.25) is 9.69 Å². The van der Waals surface area contributed by atoms with Gasteiger partial charge in [0.2, 0.25) is 5.91 Å². The van der Waals surface area contributed by atoms with Crippen molar-refractivity contribution in [3.8, 4) is 0 Å². The molecule has 0 aromatic carbocycles. The fourth-order valence-corrected chi connectivity index (χ4v) is 4.35. The molecule has 0 saturated carbocycles. The van der Waals surface area contributed by atoms with Crippen LogP contribution < -0.4 is 0 Å². The van der Waals surface area contributed by atoms with Crippen LogP contribution in [0.25, 0.3) is 0 Å². The third kappa shape index (κ3) is 3.30. The van der Waals surface area contributed by atoms with Crippen LogP contribution in [-0.2, 0) is 11.2 Å². The minimum atomic E-state index is 0.319. The van der Waals surface area contributed by atoms with Gasteiger partial charge >= 0.3 is 0 Å². The van der Waals surface area contributed by atoms with E-state index in [1.807, 2.05) is 11.4 Å². The predicted molar refractivity (Wildman–Crippen MR) is 86.7 cm³/mol. The van der Waals surface area contributed by atoms with Gasteiger partial charge < -0.3 is 9.80 Å². The summed E-state index contributed by atoms with van der Waals surface area (Å²) in [7, 11) is 4.25. The van der Waals surface area contributed by atoms with Crippen molar-refractivity contribution in [2.45, 2.75) is 31.3 Å². The maximum atomic E-state index is 12.5. The van der Waals surface area contributed by atoms with E-state index in [1.165, 1.54) is 4.88 Å². The molecule has 1 amide bonds. The molecule has 116 valence electrons. The monoisotopic (exact) mass is 307 g/mol. The van der Waals surface area contributed by atoms with E-state index in [9.17, 15) is 4.79 Å². The van der Waals surface area contributed by atoms with Gasteiger partial charge in [-0.25, -0.2) is 0 Å². The summed E-state index contributed by atoms with van der Waals surface area (Å²) in [5.41, 5.74) is 0. The van der Waals surface area contributed by atoms with Gasteiger partial charge in [0.05, 0.1) is 6.42 Å². The number of carbonyl (C=O) groups is 1. The number of thiophene rings is 1. The van der Waals surface area contributed by atoms with Gasteiger partial charge in [0, 0.05) is 43.1 Å². The van der Waals surface area contributed by atoms with E-state index >= 15 is 0 Å². The number of nitrogens with zero attached hydrogens (tertiary/aromatic N) is 3. The van der Waals surface area contributed by atoms with Crippen molar-refractivity contribution < 1.29 is 4.79 Å². The Labute approximate surface area is 131 Å². The minimum absolute atomic E-state index is 0.319. The van der Waals surface area contributed by atoms with Crippen molar-refractivity contribution in [1.29, 1.82) is 0 Å². The Balaban J connectivity index is 1.57. The first-order valence-corrected chi connectivity index (χ1v) is 8.74. The number of fused-ring (bicyclic) bond motifs is 1. The lowest BCUT2D eigenvalue weighted by Crippen LogP contribution is -2.41. The number of likely N-dealkylation sites (N-methyl/N-ethyl adjacent to an activating group) is 1. The molecule has 2 aliphatic heterocycles. The van der Waals surface area contributed by atoms with E-state index in [-0.39, 0.29) is 0 Å². The van der Waals surface area contributed by atoms with Gasteiger partial charge in [-0.1, -0.05) is 6.07 Å². The molecule has 1 aromatic rings. The van der Waals surface area contributed by atoms with Crippen molar-refractivity contribution in [1.82, 2.24) is 14.7 Å². The fourth-order valence-electron chi connectivity index (χ4n) is 3.65. The Morgan fingerprint density at radius 1 is 1.33 bits per heavy atom. The molecule has 2 saturated heterocycles. The summed E-state index contributed by atoms with van der Waals surface area (Å²) in [4.78, 5) is 20.7. The van der Waals surface area contributed by atoms with Crippen molar-refractivity contribution in [2.75, 3.05) is 40.3 Å². The highest BCUT2D eigenvalue weighted by Crippen LogP contribution is 2.32. The van der Waals surface area contributed by atoms with Gasteiger partial charge in [0.25, 0.3) is 0 Å². The summed E-state index contributed by atoms with van der Waals surface area (Å²) < 4.78 is 0. The minimum Gasteiger partial charge on any atom is -0.338 e. The molecular formula is C16H25N3OS. The molecule has 5 heteroatoms. The zero-order chi connectivity index (χ0) is 14.8. The zero-order valence-corrected chi connectivity index (χ0v) is 13.8. The predicted octanol–water partition coefficient (Wildman–Crippen LogP) is 1.53. The largest absolute Gasteiger partial charge is 0.338 e. The van der Waals surface area contributed by atoms with Gasteiger partial charge in [-0.05, 0) is 38.4 Å². The lowest BCUT2D eigenvalue weighted by Gasteiger charge is -2.26. The fraction of sp³-hybridized carbons (Fsp3) is 0.688. The molecular weight excluding hydrogens is 282 g/mol. The van der Waals surface area contributed by atoms with Crippen LogP contribution in [-0.4, -0.2) is 73.0 Å². The third-order valence-corrected chi connectivity index (χ3v) is 5.63. The van der Waals surface area contributed by atoms with E-state index in [0.29, 0.717) is 24.4 Å². The Hall–Kier alpha value is -0.910. The molecule has 21 heavy (non-hydrogen) atoms. The highest BCUT2D eigenvalue weighted by atomic mass is 32.1. The molecule has 0 spiro atoms. The molecule has 2 fully saturated rings. The van der Waals surface area contributed by atoms with Crippen molar-refractivity contribution in [3.63, 3.8) is 0 Å². The first-order valence-electron chi connectivity index (χ1n) is 7.86. The molecule has 0 bridgehead atoms. The second-order valence-corrected chi connectivity index (χ2v) is 7.43. The van der Waals surface area contributed by atoms with Crippen LogP contribution in [0.3, 0.4) is 0 Å². The molecule has 4 nitrogen and oxygen atoms in total. The summed E-state index contributed by atoms with van der Waals surface area (Å²) in [5, 5.41) is 2.05. The topological polar surface area (TPSA) is 26.8 Å². The van der Waals surface area contributed by atoms with E-state index in [4.69, 9.17) is 0 Å². The quantitative estimate of drug-likeness (QED) is 0.825. The molecule has 1 aromatic heterocycles. The molecule has 3 heterocycles. The third-order valence-electron chi connectivity index (χ3n) is 4.75. The Morgan fingerprint density at radius 3 is 2.86 bits per heavy atom. The average Bonchev–Trinajstić information content (AvgIpc) is 3.13. The molecule has 2 unspecified atom stereocenters. The summed E-state index contributed by atoms with van der Waals surface area (Å²) in [6, 6.07) is 5.14. The molecule has 2 atom stereocenters. The van der Waals surface area contributed by atoms with Crippen LogP contribution in [0.1, 0.15) is 17.7 Å². The van der Waals surface area contributed by atoms with Gasteiger partial charge in [0.1, 0.15) is 0 Å². The summed E-state index contributed by atoms with van der Waals surface area (Å²) in [6.45, 7) is 4.32. The maximum absolute atomic E-state index is 12.5. The Morgan fingerprint density at radius 2 is 2.14 bits per heavy atom. The van der Waals surface area contributed by atoms with E-state index in [1.54, 1.807) is 11.3 Å². The van der Waals surface area contributed by atoms with Gasteiger partial charge in [0.15, 0.2) is 0 Å². The lowest BCUT2D eigenvalue weighted by atomic mass is 10.1. The SMILES string of the molecule is CN(C)CCN1CCC2C1CCN2C(=O)Cc1cccs1. The van der Waals surface area contributed by atoms with Gasteiger partial charge in [-0.15, -0.1) is 11.3 Å². The molecule has 0 N–H and O–H groups in total. The standard InChI is InChI=1S/C16H25N3OS/c1-17(2)9-10-18-7-5-15-14(18)6-8-19(15)16(20)12-13-4-3-11-21-13/h3-4,11,14-15H,5-10,12H2,1-2H3. The van der Waals surface area contributed by atoms with Crippen LogP contribution >= 0.6 is 11.3 Å². The summed E-state index contributed by atoms with van der Waals surface area (Å²) in [5.74, 6) is 0.319. The molecule has 0 radical (unpaired) electrons. The van der Waals surface area contributed by atoms with Crippen LogP contribution in [0, 0.1) is 0 Å². The highest BCUT2D eigenvalue weighted by molar-refractivity contribution is 7.10. The second kappa shape index (κ2) is 6.46. The summed E-state index contributed by atoms with van der Waals surface area (Å²) in [6.07, 6.45) is 2.88. The molecule has 2 aliphatic rings. The van der Waals surface area contributed by atoms with E-state index in [2.05, 4.69) is 34.9 Å². The normalized spacial score (nSPS) is 25.8. The van der Waals surface area contributed by atoms with E-state index in [0.717, 1.165) is 39.0 Å². The lowest BCUT2D eigenvalue weighted by molar-refractivity contribution is -0.131. The average molecular weight is 307 g/mol. The number of hydrogen-bond donors (Lipinski definition) is 0. The van der Waals surface area contributed by atoms with Crippen LogP contribution in [0.5, 0.6) is 0 Å². The van der Waals surface area contributed by atoms with Crippen molar-refractivity contribution in [2.24, 2.45) is 0 Å². The Bertz CT molecular complexity index is 474. The van der Waals surface area contributed by atoms with Gasteiger partial charge in [-0.2, -0.15) is 0 Å². The molecule has 3 rings (SSSR count). The number of carbonyl (C=O) groups excluding carboxylic acids is 1. The number of amides is 1.